The van der Waals surface area contributed by atoms with E-state index in [1.807, 2.05) is 19.1 Å². The number of pyridine rings is 1. The summed E-state index contributed by atoms with van der Waals surface area (Å²) >= 11 is 0. The Kier molecular flexibility index (Phi) is 6.46. The van der Waals surface area contributed by atoms with Crippen LogP contribution < -0.4 is 4.74 Å². The number of sulfonamides is 1. The second kappa shape index (κ2) is 8.82. The molecule has 1 fully saturated rings. The molecule has 0 aliphatic carbocycles. The first-order valence-electron chi connectivity index (χ1n) is 9.16. The van der Waals surface area contributed by atoms with Crippen LogP contribution in [0.25, 0.3) is 0 Å². The van der Waals surface area contributed by atoms with E-state index in [0.717, 1.165) is 18.4 Å². The van der Waals surface area contributed by atoms with Crippen LogP contribution in [-0.4, -0.2) is 44.6 Å². The number of methoxy groups -OCH3 is 1. The molecule has 0 spiro atoms. The van der Waals surface area contributed by atoms with Crippen LogP contribution >= 0.6 is 0 Å². The van der Waals surface area contributed by atoms with E-state index < -0.39 is 10.0 Å². The molecule has 1 aromatic carbocycles. The lowest BCUT2D eigenvalue weighted by Gasteiger charge is -2.33. The SMILES string of the molecule is COc1ccccc1S(=O)(=O)N(CC1CCOCC1)C(C)c1cccnc1. The van der Waals surface area contributed by atoms with Gasteiger partial charge in [-0.25, -0.2) is 8.42 Å². The summed E-state index contributed by atoms with van der Waals surface area (Å²) in [6.45, 7) is 3.70. The molecule has 0 amide bonds. The van der Waals surface area contributed by atoms with E-state index in [2.05, 4.69) is 4.98 Å². The number of nitrogens with zero attached hydrogens (tertiary/aromatic N) is 2. The Labute approximate surface area is 161 Å². The average molecular weight is 391 g/mol. The van der Waals surface area contributed by atoms with Gasteiger partial charge in [-0.3, -0.25) is 4.98 Å². The topological polar surface area (TPSA) is 68.7 Å². The fourth-order valence-corrected chi connectivity index (χ4v) is 5.25. The lowest BCUT2D eigenvalue weighted by Crippen LogP contribution is -2.39. The molecule has 1 saturated heterocycles. The van der Waals surface area contributed by atoms with Crippen molar-refractivity contribution in [2.24, 2.45) is 5.92 Å². The van der Waals surface area contributed by atoms with Crippen molar-refractivity contribution in [2.75, 3.05) is 26.9 Å². The second-order valence-electron chi connectivity index (χ2n) is 6.74. The predicted octanol–water partition coefficient (Wildman–Crippen LogP) is 3.27. The number of hydrogen-bond donors (Lipinski definition) is 0. The van der Waals surface area contributed by atoms with Gasteiger partial charge in [-0.2, -0.15) is 4.31 Å². The zero-order valence-electron chi connectivity index (χ0n) is 15.7. The number of ether oxygens (including phenoxy) is 2. The van der Waals surface area contributed by atoms with E-state index in [9.17, 15) is 8.42 Å². The van der Waals surface area contributed by atoms with Crippen molar-refractivity contribution in [1.29, 1.82) is 0 Å². The molecule has 1 aromatic heterocycles. The molecular weight excluding hydrogens is 364 g/mol. The van der Waals surface area contributed by atoms with Gasteiger partial charge in [0.15, 0.2) is 0 Å². The van der Waals surface area contributed by atoms with Crippen LogP contribution in [0.2, 0.25) is 0 Å². The van der Waals surface area contributed by atoms with Gasteiger partial charge in [0.2, 0.25) is 10.0 Å². The van der Waals surface area contributed by atoms with Gasteiger partial charge >= 0.3 is 0 Å². The number of para-hydroxylation sites is 1. The molecule has 0 bridgehead atoms. The monoisotopic (exact) mass is 390 g/mol. The van der Waals surface area contributed by atoms with Crippen molar-refractivity contribution < 1.29 is 17.9 Å². The summed E-state index contributed by atoms with van der Waals surface area (Å²) in [6.07, 6.45) is 5.13. The fraction of sp³-hybridized carbons (Fsp3) is 0.450. The molecule has 2 heterocycles. The van der Waals surface area contributed by atoms with Crippen molar-refractivity contribution in [3.63, 3.8) is 0 Å². The molecule has 0 saturated carbocycles. The molecule has 1 atom stereocenters. The zero-order chi connectivity index (χ0) is 19.3. The maximum Gasteiger partial charge on any atom is 0.247 e. The van der Waals surface area contributed by atoms with Gasteiger partial charge in [0.1, 0.15) is 10.6 Å². The molecule has 1 aliphatic heterocycles. The van der Waals surface area contributed by atoms with Crippen LogP contribution in [0, 0.1) is 5.92 Å². The minimum Gasteiger partial charge on any atom is -0.495 e. The minimum absolute atomic E-state index is 0.190. The van der Waals surface area contributed by atoms with Crippen LogP contribution in [0.3, 0.4) is 0 Å². The van der Waals surface area contributed by atoms with E-state index >= 15 is 0 Å². The summed E-state index contributed by atoms with van der Waals surface area (Å²) in [5.74, 6) is 0.621. The van der Waals surface area contributed by atoms with Crippen molar-refractivity contribution in [3.05, 3.63) is 54.4 Å². The molecule has 1 aliphatic rings. The van der Waals surface area contributed by atoms with E-state index in [1.165, 1.54) is 7.11 Å². The van der Waals surface area contributed by atoms with Crippen molar-refractivity contribution in [3.8, 4) is 5.75 Å². The van der Waals surface area contributed by atoms with E-state index in [4.69, 9.17) is 9.47 Å². The van der Waals surface area contributed by atoms with Crippen molar-refractivity contribution >= 4 is 10.0 Å². The Bertz CT molecular complexity index is 836. The summed E-state index contributed by atoms with van der Waals surface area (Å²) in [4.78, 5) is 4.35. The van der Waals surface area contributed by atoms with Gasteiger partial charge in [0.05, 0.1) is 7.11 Å². The normalized spacial score (nSPS) is 17.0. The lowest BCUT2D eigenvalue weighted by atomic mass is 9.99. The van der Waals surface area contributed by atoms with Gasteiger partial charge in [0, 0.05) is 38.2 Å². The molecule has 1 unspecified atom stereocenters. The van der Waals surface area contributed by atoms with Crippen LogP contribution in [0.5, 0.6) is 5.75 Å². The number of hydrogen-bond acceptors (Lipinski definition) is 5. The maximum atomic E-state index is 13.6. The molecule has 146 valence electrons. The van der Waals surface area contributed by atoms with E-state index in [-0.39, 0.29) is 16.9 Å². The van der Waals surface area contributed by atoms with Gasteiger partial charge in [0.25, 0.3) is 0 Å². The molecule has 2 aromatic rings. The third kappa shape index (κ3) is 4.48. The van der Waals surface area contributed by atoms with Gasteiger partial charge < -0.3 is 9.47 Å². The van der Waals surface area contributed by atoms with Crippen molar-refractivity contribution in [2.45, 2.75) is 30.7 Å². The zero-order valence-corrected chi connectivity index (χ0v) is 16.6. The summed E-state index contributed by atoms with van der Waals surface area (Å²) in [5, 5.41) is 0. The molecule has 6 nitrogen and oxygen atoms in total. The predicted molar refractivity (Wildman–Crippen MR) is 103 cm³/mol. The summed E-state index contributed by atoms with van der Waals surface area (Å²) < 4.78 is 39.5. The summed E-state index contributed by atoms with van der Waals surface area (Å²) in [6, 6.07) is 10.2. The first kappa shape index (κ1) is 19.8. The molecule has 27 heavy (non-hydrogen) atoms. The quantitative estimate of drug-likeness (QED) is 0.726. The Balaban J connectivity index is 1.99. The van der Waals surface area contributed by atoms with Crippen molar-refractivity contribution in [1.82, 2.24) is 9.29 Å². The van der Waals surface area contributed by atoms with Crippen LogP contribution in [0.15, 0.2) is 53.7 Å². The summed E-state index contributed by atoms with van der Waals surface area (Å²) in [5.41, 5.74) is 0.864. The van der Waals surface area contributed by atoms with Gasteiger partial charge in [-0.15, -0.1) is 0 Å². The van der Waals surface area contributed by atoms with Crippen LogP contribution in [0.4, 0.5) is 0 Å². The maximum absolute atomic E-state index is 13.6. The van der Waals surface area contributed by atoms with E-state index in [0.29, 0.717) is 25.5 Å². The second-order valence-corrected chi connectivity index (χ2v) is 8.60. The highest BCUT2D eigenvalue weighted by Gasteiger charge is 2.34. The number of benzene rings is 1. The number of aromatic nitrogens is 1. The highest BCUT2D eigenvalue weighted by molar-refractivity contribution is 7.89. The van der Waals surface area contributed by atoms with Gasteiger partial charge in [-0.05, 0) is 49.4 Å². The highest BCUT2D eigenvalue weighted by Crippen LogP contribution is 2.33. The fourth-order valence-electron chi connectivity index (χ4n) is 3.40. The standard InChI is InChI=1S/C20H26N2O4S/c1-16(18-6-5-11-21-14-18)22(15-17-9-12-26-13-10-17)27(23,24)20-8-4-3-7-19(20)25-2/h3-8,11,14,16-17H,9-10,12-13,15H2,1-2H3. The van der Waals surface area contributed by atoms with Crippen LogP contribution in [0.1, 0.15) is 31.4 Å². The average Bonchev–Trinajstić information content (AvgIpc) is 2.72. The summed E-state index contributed by atoms with van der Waals surface area (Å²) in [7, 11) is -2.26. The first-order valence-corrected chi connectivity index (χ1v) is 10.6. The largest absolute Gasteiger partial charge is 0.495 e. The molecule has 7 heteroatoms. The third-order valence-electron chi connectivity index (χ3n) is 5.03. The Hall–Kier alpha value is -1.96. The smallest absolute Gasteiger partial charge is 0.247 e. The molecule has 0 N–H and O–H groups in total. The Morgan fingerprint density at radius 3 is 2.63 bits per heavy atom. The number of rotatable bonds is 7. The molecule has 3 rings (SSSR count). The first-order chi connectivity index (χ1) is 13.0. The Morgan fingerprint density at radius 1 is 1.22 bits per heavy atom. The van der Waals surface area contributed by atoms with Gasteiger partial charge in [-0.1, -0.05) is 18.2 Å². The Morgan fingerprint density at radius 2 is 1.96 bits per heavy atom. The van der Waals surface area contributed by atoms with E-state index in [1.54, 1.807) is 41.0 Å². The van der Waals surface area contributed by atoms with Crippen LogP contribution in [-0.2, 0) is 14.8 Å². The lowest BCUT2D eigenvalue weighted by molar-refractivity contribution is 0.0581. The molecule has 0 radical (unpaired) electrons. The highest BCUT2D eigenvalue weighted by atomic mass is 32.2. The third-order valence-corrected chi connectivity index (χ3v) is 7.01. The molecular formula is C20H26N2O4S. The minimum atomic E-state index is -3.75.